The van der Waals surface area contributed by atoms with Crippen LogP contribution in [0, 0.1) is 17.1 Å². The molecule has 2 bridgehead atoms. The van der Waals surface area contributed by atoms with E-state index in [0.29, 0.717) is 5.56 Å². The summed E-state index contributed by atoms with van der Waals surface area (Å²) in [6.07, 6.45) is -10.5. The van der Waals surface area contributed by atoms with E-state index in [4.69, 9.17) is 40.6 Å². The first-order chi connectivity index (χ1) is 34.9. The molecule has 24 nitrogen and oxygen atoms in total. The van der Waals surface area contributed by atoms with E-state index >= 15 is 13.3 Å². The fourth-order valence-electron chi connectivity index (χ4n) is 9.31. The van der Waals surface area contributed by atoms with E-state index in [-0.39, 0.29) is 40.1 Å². The first-order valence-electron chi connectivity index (χ1n) is 23.8. The topological polar surface area (TPSA) is 294 Å². The summed E-state index contributed by atoms with van der Waals surface area (Å²) >= 11 is 0. The number of ether oxygens (including phenoxy) is 2. The maximum atomic E-state index is 17.1. The standard InChI is InChI=1S/C44H59F2N9O15P2Si2/c1-24(2)73(61,25(3)4)70-74(26(5)6,27(7)8)69-36-31-19-63-71(58,59)67-35-30(65-43(33(35)46)55-23-50-34-38(48-21-49-40(34)55)52-41(56)28-14-11-10-12-15-28)20-64-72(60,62-17-13-16-47)68-37(36)44(66-31)54-18-29(45)32-39(54)51-22-53(9)42(32)57/h10-12,14-15,18,21-27,30-31,33,35-37,43-44,61H,13,17,19-20H2,1-9H3,(H,58,59)(H,48,49,52,56)/t30-,31-,33-,35-,36-,37-,43-,44-,72?/m1/s1. The van der Waals surface area contributed by atoms with Crippen molar-refractivity contribution in [2.75, 3.05) is 25.1 Å². The van der Waals surface area contributed by atoms with Gasteiger partial charge in [-0.15, -0.1) is 0 Å². The highest BCUT2D eigenvalue weighted by Gasteiger charge is 2.61. The molecule has 1 aromatic carbocycles. The fraction of sp³-hybridized carbons (Fsp3) is 0.568. The quantitative estimate of drug-likeness (QED) is 0.0541. The molecular formula is C44H59F2N9O15P2Si2. The van der Waals surface area contributed by atoms with Gasteiger partial charge in [-0.3, -0.25) is 36.8 Å². The Morgan fingerprint density at radius 3 is 2.24 bits per heavy atom. The Bertz CT molecular complexity index is 3040. The van der Waals surface area contributed by atoms with Crippen molar-refractivity contribution < 1.29 is 73.0 Å². The van der Waals surface area contributed by atoms with E-state index in [1.807, 2.05) is 61.5 Å². The summed E-state index contributed by atoms with van der Waals surface area (Å²) in [7, 11) is -16.8. The van der Waals surface area contributed by atoms with Gasteiger partial charge >= 0.3 is 32.8 Å². The van der Waals surface area contributed by atoms with Crippen molar-refractivity contribution in [1.82, 2.24) is 33.6 Å². The molecule has 74 heavy (non-hydrogen) atoms. The van der Waals surface area contributed by atoms with Crippen molar-refractivity contribution in [2.45, 2.75) is 133 Å². The van der Waals surface area contributed by atoms with Crippen molar-refractivity contribution in [1.29, 1.82) is 5.26 Å². The summed E-state index contributed by atoms with van der Waals surface area (Å²) in [6, 6.07) is 10.1. The first-order valence-corrected chi connectivity index (χ1v) is 30.8. The molecule has 0 aliphatic carbocycles. The Kier molecular flexibility index (Phi) is 16.4. The summed E-state index contributed by atoms with van der Waals surface area (Å²) < 4.78 is 122. The number of anilines is 1. The number of amides is 1. The number of aryl methyl sites for hydroxylation is 1. The number of imidazole rings is 1. The zero-order valence-electron chi connectivity index (χ0n) is 41.9. The monoisotopic (exact) mass is 1110 g/mol. The van der Waals surface area contributed by atoms with Crippen LogP contribution in [-0.2, 0) is 56.8 Å². The molecule has 3 aliphatic rings. The minimum Gasteiger partial charge on any atom is -0.414 e. The number of carbonyl (C=O) groups is 1. The van der Waals surface area contributed by atoms with Gasteiger partial charge in [-0.25, -0.2) is 37.8 Å². The van der Waals surface area contributed by atoms with Crippen molar-refractivity contribution in [3.05, 3.63) is 77.2 Å². The number of benzene rings is 1. The number of nitrogens with one attached hydrogen (secondary N) is 1. The SMILES string of the molecule is CC(C)[Si](O)(O[Si](O[C@H]1[C@H]2OP(=O)(OCCC#N)OC[C@H]3O[C@@H](n4cnc5c(NC(=O)c6ccccc6)ncnc54)[C@H](F)[C@@H]3OP(=O)(O)OC[C@H]1O[C@H]2n1cc(F)c2c(=O)n(C)cnc21)(C(C)C)C(C)C)C(C)C. The zero-order valence-corrected chi connectivity index (χ0v) is 45.7. The predicted molar refractivity (Wildman–Crippen MR) is 263 cm³/mol. The summed E-state index contributed by atoms with van der Waals surface area (Å²) in [5.74, 6) is -1.58. The highest BCUT2D eigenvalue weighted by atomic mass is 31.2. The van der Waals surface area contributed by atoms with Gasteiger partial charge in [0.25, 0.3) is 11.5 Å². The molecule has 1 amide bonds. The van der Waals surface area contributed by atoms with Crippen molar-refractivity contribution in [3.8, 4) is 6.07 Å². The van der Waals surface area contributed by atoms with E-state index in [9.17, 15) is 29.1 Å². The van der Waals surface area contributed by atoms with Crippen LogP contribution in [0.25, 0.3) is 22.2 Å². The zero-order chi connectivity index (χ0) is 53.7. The van der Waals surface area contributed by atoms with Gasteiger partial charge in [0.1, 0.15) is 42.2 Å². The summed E-state index contributed by atoms with van der Waals surface area (Å²) in [6.45, 7) is 12.3. The Morgan fingerprint density at radius 2 is 1.58 bits per heavy atom. The van der Waals surface area contributed by atoms with Crippen LogP contribution < -0.4 is 10.9 Å². The first kappa shape index (κ1) is 55.7. The average Bonchev–Trinajstić information content (AvgIpc) is 4.10. The predicted octanol–water partition coefficient (Wildman–Crippen LogP) is 6.97. The molecule has 4 aromatic heterocycles. The Labute approximate surface area is 425 Å². The van der Waals surface area contributed by atoms with E-state index < -0.39 is 135 Å². The number of phosphoric ester groups is 2. The molecule has 3 saturated heterocycles. The van der Waals surface area contributed by atoms with Gasteiger partial charge in [0.05, 0.1) is 45.0 Å². The van der Waals surface area contributed by atoms with Crippen molar-refractivity contribution in [3.63, 3.8) is 0 Å². The number of nitriles is 1. The van der Waals surface area contributed by atoms with Crippen LogP contribution in [0.1, 0.15) is 84.6 Å². The lowest BCUT2D eigenvalue weighted by molar-refractivity contribution is -0.0691. The molecule has 10 atom stereocenters. The summed E-state index contributed by atoms with van der Waals surface area (Å²) in [4.78, 5) is 67.3. The summed E-state index contributed by atoms with van der Waals surface area (Å²) in [5, 5.41) is 11.7. The van der Waals surface area contributed by atoms with E-state index in [2.05, 4.69) is 25.3 Å². The number of hydrogen-bond donors (Lipinski definition) is 3. The fourth-order valence-corrected chi connectivity index (χ4v) is 21.6. The maximum Gasteiger partial charge on any atom is 0.475 e. The second-order valence-corrected chi connectivity index (χ2v) is 31.0. The summed E-state index contributed by atoms with van der Waals surface area (Å²) in [5.41, 5.74) is -2.34. The van der Waals surface area contributed by atoms with Gasteiger partial charge in [0.2, 0.25) is 0 Å². The third kappa shape index (κ3) is 10.8. The number of fused-ring (bicyclic) bond motifs is 5. The number of halogens is 2. The lowest BCUT2D eigenvalue weighted by Crippen LogP contribution is -2.62. The molecule has 7 heterocycles. The smallest absolute Gasteiger partial charge is 0.414 e. The van der Waals surface area contributed by atoms with E-state index in [0.717, 1.165) is 38.9 Å². The van der Waals surface area contributed by atoms with E-state index in [1.54, 1.807) is 30.3 Å². The molecule has 3 aliphatic heterocycles. The number of hydrogen-bond acceptors (Lipinski definition) is 19. The van der Waals surface area contributed by atoms with Crippen LogP contribution in [0.5, 0.6) is 0 Å². The molecule has 402 valence electrons. The van der Waals surface area contributed by atoms with Crippen molar-refractivity contribution >= 4 is 66.7 Å². The van der Waals surface area contributed by atoms with Crippen LogP contribution in [-0.4, -0.2) is 123 Å². The maximum absolute atomic E-state index is 17.1. The van der Waals surface area contributed by atoms with Crippen LogP contribution in [0.3, 0.4) is 0 Å². The lowest BCUT2D eigenvalue weighted by atomic mass is 10.1. The molecule has 3 fully saturated rings. The molecule has 30 heteroatoms. The molecule has 8 rings (SSSR count). The number of rotatable bonds is 15. The minimum atomic E-state index is -5.43. The Morgan fingerprint density at radius 1 is 0.905 bits per heavy atom. The number of nitrogens with zero attached hydrogens (tertiary/aromatic N) is 8. The molecule has 0 saturated carbocycles. The van der Waals surface area contributed by atoms with Gasteiger partial charge in [-0.05, 0) is 34.3 Å². The molecule has 0 radical (unpaired) electrons. The molecule has 3 N–H and O–H groups in total. The highest BCUT2D eigenvalue weighted by Crippen LogP contribution is 2.58. The Balaban J connectivity index is 1.21. The lowest BCUT2D eigenvalue weighted by Gasteiger charge is -2.47. The second kappa shape index (κ2) is 21.8. The van der Waals surface area contributed by atoms with E-state index in [1.165, 1.54) is 7.05 Å². The highest BCUT2D eigenvalue weighted by molar-refractivity contribution is 7.48. The molecule has 5 aromatic rings. The van der Waals surface area contributed by atoms with Gasteiger partial charge in [0.15, 0.2) is 47.1 Å². The average molecular weight is 1110 g/mol. The molecule has 2 unspecified atom stereocenters. The largest absolute Gasteiger partial charge is 0.475 e. The number of carbonyl (C=O) groups excluding carboxylic acids is 1. The van der Waals surface area contributed by atoms with Crippen molar-refractivity contribution in [2.24, 2.45) is 7.05 Å². The number of phosphoric acid groups is 2. The van der Waals surface area contributed by atoms with Crippen LogP contribution in [0.4, 0.5) is 14.6 Å². The van der Waals surface area contributed by atoms with Gasteiger partial charge < -0.3 is 42.2 Å². The van der Waals surface area contributed by atoms with Crippen LogP contribution >= 0.6 is 15.6 Å². The van der Waals surface area contributed by atoms with Crippen LogP contribution in [0.15, 0.2) is 60.3 Å². The Hall–Kier alpha value is -4.54. The third-order valence-electron chi connectivity index (χ3n) is 13.2. The third-order valence-corrected chi connectivity index (χ3v) is 25.5. The van der Waals surface area contributed by atoms with Gasteiger partial charge in [0, 0.05) is 18.8 Å². The number of alkyl halides is 1. The molecule has 0 spiro atoms. The molecular weight excluding hydrogens is 1050 g/mol. The van der Waals surface area contributed by atoms with Crippen LogP contribution in [0.2, 0.25) is 22.2 Å². The van der Waals surface area contributed by atoms with Gasteiger partial charge in [-0.2, -0.15) is 5.26 Å². The van der Waals surface area contributed by atoms with Gasteiger partial charge in [-0.1, -0.05) is 73.6 Å². The normalized spacial score (nSPS) is 28.2. The minimum absolute atomic E-state index is 0.0208. The second-order valence-electron chi connectivity index (χ2n) is 19.3. The number of aromatic nitrogens is 7.